The molecular formula is C9H18N2O. The first-order valence-corrected chi connectivity index (χ1v) is 4.77. The molecule has 1 N–H and O–H groups in total. The van der Waals surface area contributed by atoms with Gasteiger partial charge in [0, 0.05) is 12.1 Å². The Morgan fingerprint density at radius 2 is 2.00 bits per heavy atom. The molecule has 0 bridgehead atoms. The van der Waals surface area contributed by atoms with Crippen molar-refractivity contribution in [2.24, 2.45) is 0 Å². The largest absolute Gasteiger partial charge is 0.378 e. The molecule has 0 amide bonds. The van der Waals surface area contributed by atoms with Crippen LogP contribution >= 0.6 is 0 Å². The van der Waals surface area contributed by atoms with E-state index in [4.69, 9.17) is 4.74 Å². The van der Waals surface area contributed by atoms with E-state index in [0.29, 0.717) is 12.1 Å². The van der Waals surface area contributed by atoms with Crippen LogP contribution in [-0.2, 0) is 4.74 Å². The summed E-state index contributed by atoms with van der Waals surface area (Å²) in [6.07, 6.45) is 2.72. The summed E-state index contributed by atoms with van der Waals surface area (Å²) in [5, 5.41) is 3.62. The second-order valence-electron chi connectivity index (χ2n) is 4.12. The lowest BCUT2D eigenvalue weighted by atomic mass is 10.1. The molecule has 0 aromatic carbocycles. The minimum Gasteiger partial charge on any atom is -0.378 e. The predicted molar refractivity (Wildman–Crippen MR) is 48.2 cm³/mol. The van der Waals surface area contributed by atoms with Gasteiger partial charge in [-0.05, 0) is 26.9 Å². The fourth-order valence-electron chi connectivity index (χ4n) is 1.76. The summed E-state index contributed by atoms with van der Waals surface area (Å²) in [5.74, 6) is 0. The second-order valence-corrected chi connectivity index (χ2v) is 4.12. The summed E-state index contributed by atoms with van der Waals surface area (Å²) in [6, 6.07) is 1.93. The van der Waals surface area contributed by atoms with E-state index in [1.54, 1.807) is 0 Å². The zero-order chi connectivity index (χ0) is 8.55. The van der Waals surface area contributed by atoms with Gasteiger partial charge in [-0.15, -0.1) is 0 Å². The highest BCUT2D eigenvalue weighted by Gasteiger charge is 2.34. The Morgan fingerprint density at radius 1 is 1.25 bits per heavy atom. The Labute approximate surface area is 74.1 Å². The summed E-state index contributed by atoms with van der Waals surface area (Å²) in [5.41, 5.74) is 0. The SMILES string of the molecule is CN(C)[C@@H]1COC[C@H]1NC1CC1. The molecule has 1 aliphatic heterocycles. The maximum Gasteiger partial charge on any atom is 0.0638 e. The maximum absolute atomic E-state index is 5.46. The van der Waals surface area contributed by atoms with Crippen LogP contribution in [0, 0.1) is 0 Å². The van der Waals surface area contributed by atoms with E-state index in [9.17, 15) is 0 Å². The van der Waals surface area contributed by atoms with Gasteiger partial charge in [0.2, 0.25) is 0 Å². The van der Waals surface area contributed by atoms with Crippen LogP contribution in [0.3, 0.4) is 0 Å². The molecular weight excluding hydrogens is 152 g/mol. The normalized spacial score (nSPS) is 36.2. The third kappa shape index (κ3) is 1.79. The molecule has 3 nitrogen and oxygen atoms in total. The Kier molecular flexibility index (Phi) is 2.35. The summed E-state index contributed by atoms with van der Waals surface area (Å²) < 4.78 is 5.46. The Hall–Kier alpha value is -0.120. The Morgan fingerprint density at radius 3 is 2.58 bits per heavy atom. The standard InChI is InChI=1S/C9H18N2O/c1-11(2)9-6-12-5-8(9)10-7-3-4-7/h7-10H,3-6H2,1-2H3/t8-,9-/m1/s1. The maximum atomic E-state index is 5.46. The van der Waals surface area contributed by atoms with Crippen molar-refractivity contribution in [2.75, 3.05) is 27.3 Å². The molecule has 2 atom stereocenters. The van der Waals surface area contributed by atoms with Crippen LogP contribution in [0.2, 0.25) is 0 Å². The van der Waals surface area contributed by atoms with Gasteiger partial charge in [-0.1, -0.05) is 0 Å². The van der Waals surface area contributed by atoms with Gasteiger partial charge in [0.05, 0.1) is 19.3 Å². The predicted octanol–water partition coefficient (Wildman–Crippen LogP) is 0.0674. The molecule has 12 heavy (non-hydrogen) atoms. The number of hydrogen-bond acceptors (Lipinski definition) is 3. The van der Waals surface area contributed by atoms with E-state index >= 15 is 0 Å². The first kappa shape index (κ1) is 8.48. The first-order valence-electron chi connectivity index (χ1n) is 4.77. The average Bonchev–Trinajstić information content (AvgIpc) is 2.66. The molecule has 2 fully saturated rings. The van der Waals surface area contributed by atoms with Crippen LogP contribution in [0.1, 0.15) is 12.8 Å². The van der Waals surface area contributed by atoms with Crippen LogP contribution in [0.4, 0.5) is 0 Å². The number of nitrogens with one attached hydrogen (secondary N) is 1. The topological polar surface area (TPSA) is 24.5 Å². The van der Waals surface area contributed by atoms with E-state index in [-0.39, 0.29) is 0 Å². The average molecular weight is 170 g/mol. The molecule has 0 spiro atoms. The highest BCUT2D eigenvalue weighted by Crippen LogP contribution is 2.22. The third-order valence-corrected chi connectivity index (χ3v) is 2.74. The van der Waals surface area contributed by atoms with Gasteiger partial charge in [0.25, 0.3) is 0 Å². The van der Waals surface area contributed by atoms with E-state index in [1.165, 1.54) is 12.8 Å². The van der Waals surface area contributed by atoms with Crippen molar-refractivity contribution in [3.63, 3.8) is 0 Å². The van der Waals surface area contributed by atoms with Crippen LogP contribution in [0.25, 0.3) is 0 Å². The van der Waals surface area contributed by atoms with Gasteiger partial charge in [0.1, 0.15) is 0 Å². The number of hydrogen-bond donors (Lipinski definition) is 1. The zero-order valence-electron chi connectivity index (χ0n) is 7.92. The van der Waals surface area contributed by atoms with E-state index in [0.717, 1.165) is 19.3 Å². The third-order valence-electron chi connectivity index (χ3n) is 2.74. The van der Waals surface area contributed by atoms with Crippen LogP contribution in [0.15, 0.2) is 0 Å². The monoisotopic (exact) mass is 170 g/mol. The molecule has 2 aliphatic rings. The van der Waals surface area contributed by atoms with Crippen LogP contribution in [0.5, 0.6) is 0 Å². The zero-order valence-corrected chi connectivity index (χ0v) is 7.92. The van der Waals surface area contributed by atoms with Crippen molar-refractivity contribution in [3.05, 3.63) is 0 Å². The lowest BCUT2D eigenvalue weighted by Gasteiger charge is -2.24. The fraction of sp³-hybridized carbons (Fsp3) is 1.00. The lowest BCUT2D eigenvalue weighted by molar-refractivity contribution is 0.169. The highest BCUT2D eigenvalue weighted by molar-refractivity contribution is 4.93. The van der Waals surface area contributed by atoms with Gasteiger partial charge in [-0.3, -0.25) is 0 Å². The Balaban J connectivity index is 1.84. The minimum absolute atomic E-state index is 0.562. The van der Waals surface area contributed by atoms with Gasteiger partial charge in [0.15, 0.2) is 0 Å². The second kappa shape index (κ2) is 3.32. The van der Waals surface area contributed by atoms with E-state index < -0.39 is 0 Å². The van der Waals surface area contributed by atoms with Crippen LogP contribution in [-0.4, -0.2) is 50.3 Å². The van der Waals surface area contributed by atoms with Gasteiger partial charge in [-0.2, -0.15) is 0 Å². The summed E-state index contributed by atoms with van der Waals surface area (Å²) >= 11 is 0. The molecule has 0 unspecified atom stereocenters. The van der Waals surface area contributed by atoms with Crippen molar-refractivity contribution in [2.45, 2.75) is 31.0 Å². The molecule has 1 saturated carbocycles. The summed E-state index contributed by atoms with van der Waals surface area (Å²) in [6.45, 7) is 1.77. The molecule has 3 heteroatoms. The van der Waals surface area contributed by atoms with Gasteiger partial charge in [-0.25, -0.2) is 0 Å². The number of ether oxygens (including phenoxy) is 1. The molecule has 1 aliphatic carbocycles. The first-order chi connectivity index (χ1) is 5.77. The van der Waals surface area contributed by atoms with Crippen LogP contribution < -0.4 is 5.32 Å². The molecule has 0 aromatic heterocycles. The summed E-state index contributed by atoms with van der Waals surface area (Å²) in [4.78, 5) is 2.26. The van der Waals surface area contributed by atoms with Crippen molar-refractivity contribution < 1.29 is 4.74 Å². The molecule has 70 valence electrons. The smallest absolute Gasteiger partial charge is 0.0638 e. The number of likely N-dealkylation sites (N-methyl/N-ethyl adjacent to an activating group) is 1. The van der Waals surface area contributed by atoms with Crippen molar-refractivity contribution in [3.8, 4) is 0 Å². The Bertz CT molecular complexity index is 157. The van der Waals surface area contributed by atoms with Crippen molar-refractivity contribution in [1.29, 1.82) is 0 Å². The molecule has 1 saturated heterocycles. The molecule has 2 rings (SSSR count). The van der Waals surface area contributed by atoms with Crippen molar-refractivity contribution in [1.82, 2.24) is 10.2 Å². The van der Waals surface area contributed by atoms with Gasteiger partial charge >= 0.3 is 0 Å². The number of nitrogens with zero attached hydrogens (tertiary/aromatic N) is 1. The minimum atomic E-state index is 0.562. The lowest BCUT2D eigenvalue weighted by Crippen LogP contribution is -2.47. The van der Waals surface area contributed by atoms with E-state index in [1.807, 2.05) is 0 Å². The molecule has 0 radical (unpaired) electrons. The van der Waals surface area contributed by atoms with E-state index in [2.05, 4.69) is 24.3 Å². The number of rotatable bonds is 3. The van der Waals surface area contributed by atoms with Crippen molar-refractivity contribution >= 4 is 0 Å². The van der Waals surface area contributed by atoms with Gasteiger partial charge < -0.3 is 15.0 Å². The fourth-order valence-corrected chi connectivity index (χ4v) is 1.76. The molecule has 0 aromatic rings. The summed E-state index contributed by atoms with van der Waals surface area (Å²) in [7, 11) is 4.25. The highest BCUT2D eigenvalue weighted by atomic mass is 16.5. The molecule has 1 heterocycles. The quantitative estimate of drug-likeness (QED) is 0.648.